The molecule has 1 atom stereocenters. The number of carboxylic acids is 1. The topological polar surface area (TPSA) is 74.6 Å². The maximum atomic E-state index is 11.6. The van der Waals surface area contributed by atoms with Crippen molar-refractivity contribution < 1.29 is 19.8 Å². The number of allylic oxidation sites excluding steroid dienone is 9. The molecule has 0 aromatic carbocycles. The van der Waals surface area contributed by atoms with Gasteiger partial charge in [-0.1, -0.05) is 74.8 Å². The van der Waals surface area contributed by atoms with Gasteiger partial charge in [0.1, 0.15) is 0 Å². The minimum atomic E-state index is -0.982. The Labute approximate surface area is 157 Å². The second kappa shape index (κ2) is 17.6. The van der Waals surface area contributed by atoms with Crippen molar-refractivity contribution in [1.29, 1.82) is 0 Å². The fourth-order valence-corrected chi connectivity index (χ4v) is 2.14. The number of hydrogen-bond acceptors (Lipinski definition) is 3. The molecule has 1 unspecified atom stereocenters. The van der Waals surface area contributed by atoms with Crippen molar-refractivity contribution in [2.24, 2.45) is 0 Å². The molecule has 0 heterocycles. The van der Waals surface area contributed by atoms with E-state index in [4.69, 9.17) is 5.11 Å². The largest absolute Gasteiger partial charge is 0.478 e. The molecule has 0 amide bonds. The summed E-state index contributed by atoms with van der Waals surface area (Å²) >= 11 is 0. The molecular weight excluding hydrogens is 328 g/mol. The lowest BCUT2D eigenvalue weighted by Gasteiger charge is -2.06. The number of rotatable bonds is 15. The smallest absolute Gasteiger partial charge is 0.328 e. The van der Waals surface area contributed by atoms with E-state index in [0.717, 1.165) is 51.0 Å². The first-order chi connectivity index (χ1) is 12.6. The van der Waals surface area contributed by atoms with Crippen molar-refractivity contribution in [1.82, 2.24) is 0 Å². The zero-order valence-electron chi connectivity index (χ0n) is 15.7. The second-order valence-corrected chi connectivity index (χ2v) is 6.02. The minimum absolute atomic E-state index is 0.0502. The van der Waals surface area contributed by atoms with Gasteiger partial charge >= 0.3 is 5.97 Å². The normalized spacial score (nSPS) is 13.8. The highest BCUT2D eigenvalue weighted by Gasteiger charge is 1.99. The fourth-order valence-electron chi connectivity index (χ4n) is 2.14. The van der Waals surface area contributed by atoms with E-state index in [1.54, 1.807) is 30.4 Å². The van der Waals surface area contributed by atoms with E-state index in [1.165, 1.54) is 12.2 Å². The molecule has 0 aliphatic rings. The molecule has 0 saturated carbocycles. The van der Waals surface area contributed by atoms with Crippen LogP contribution in [-0.2, 0) is 9.59 Å². The van der Waals surface area contributed by atoms with Crippen LogP contribution in [0.2, 0.25) is 0 Å². The van der Waals surface area contributed by atoms with Crippen LogP contribution >= 0.6 is 0 Å². The van der Waals surface area contributed by atoms with Gasteiger partial charge in [0.15, 0.2) is 5.78 Å². The molecule has 4 nitrogen and oxygen atoms in total. The highest BCUT2D eigenvalue weighted by Crippen LogP contribution is 2.09. The van der Waals surface area contributed by atoms with Gasteiger partial charge in [-0.15, -0.1) is 0 Å². The van der Waals surface area contributed by atoms with E-state index >= 15 is 0 Å². The molecule has 0 fully saturated rings. The Morgan fingerprint density at radius 2 is 1.46 bits per heavy atom. The summed E-state index contributed by atoms with van der Waals surface area (Å²) in [6, 6.07) is 0. The predicted octanol–water partition coefficient (Wildman–Crippen LogP) is 4.92. The molecule has 0 aliphatic heterocycles. The monoisotopic (exact) mass is 360 g/mol. The van der Waals surface area contributed by atoms with E-state index in [2.05, 4.69) is 6.08 Å². The Bertz CT molecular complexity index is 524. The van der Waals surface area contributed by atoms with Crippen LogP contribution in [0.5, 0.6) is 0 Å². The molecule has 0 rings (SSSR count). The summed E-state index contributed by atoms with van der Waals surface area (Å²) in [5, 5.41) is 17.8. The van der Waals surface area contributed by atoms with E-state index in [9.17, 15) is 14.7 Å². The molecule has 2 N–H and O–H groups in total. The van der Waals surface area contributed by atoms with Crippen molar-refractivity contribution in [2.45, 2.75) is 64.4 Å². The minimum Gasteiger partial charge on any atom is -0.478 e. The van der Waals surface area contributed by atoms with Gasteiger partial charge in [0, 0.05) is 12.5 Å². The van der Waals surface area contributed by atoms with Crippen LogP contribution in [0.4, 0.5) is 0 Å². The summed E-state index contributed by atoms with van der Waals surface area (Å²) in [4.78, 5) is 21.9. The van der Waals surface area contributed by atoms with Gasteiger partial charge in [0.2, 0.25) is 0 Å². The highest BCUT2D eigenvalue weighted by molar-refractivity contribution is 5.90. The van der Waals surface area contributed by atoms with Crippen LogP contribution in [0.3, 0.4) is 0 Å². The SMILES string of the molecule is CCC(O)CCCCCCC=CCC(=O)C=CC=CC=CC=CC(=O)O. The Kier molecular flexibility index (Phi) is 16.1. The number of hydrogen-bond donors (Lipinski definition) is 2. The molecule has 0 radical (unpaired) electrons. The van der Waals surface area contributed by atoms with Gasteiger partial charge in [0.25, 0.3) is 0 Å². The Morgan fingerprint density at radius 3 is 2.12 bits per heavy atom. The number of carboxylic acid groups (broad SMARTS) is 1. The molecule has 26 heavy (non-hydrogen) atoms. The van der Waals surface area contributed by atoms with Crippen molar-refractivity contribution in [3.63, 3.8) is 0 Å². The summed E-state index contributed by atoms with van der Waals surface area (Å²) < 4.78 is 0. The molecule has 0 aromatic rings. The maximum Gasteiger partial charge on any atom is 0.328 e. The van der Waals surface area contributed by atoms with Gasteiger partial charge in [-0.25, -0.2) is 4.79 Å². The third kappa shape index (κ3) is 18.1. The Hall–Kier alpha value is -2.20. The number of carbonyl (C=O) groups is 2. The van der Waals surface area contributed by atoms with Gasteiger partial charge in [-0.2, -0.15) is 0 Å². The zero-order valence-corrected chi connectivity index (χ0v) is 15.7. The standard InChI is InChI=1S/C22H32O4/c1-2-20(23)16-12-8-4-3-5-9-13-17-21(24)18-14-10-6-7-11-15-19-22(25)26/h6-7,9-11,13-15,18-20,23H,2-5,8,12,16-17H2,1H3,(H,25,26). The fraction of sp³-hybridized carbons (Fsp3) is 0.455. The molecule has 4 heteroatoms. The Balaban J connectivity index is 3.68. The van der Waals surface area contributed by atoms with E-state index in [-0.39, 0.29) is 11.9 Å². The van der Waals surface area contributed by atoms with Crippen LogP contribution in [0.15, 0.2) is 60.8 Å². The lowest BCUT2D eigenvalue weighted by atomic mass is 10.1. The van der Waals surface area contributed by atoms with E-state index in [1.807, 2.05) is 13.0 Å². The van der Waals surface area contributed by atoms with Crippen molar-refractivity contribution in [2.75, 3.05) is 0 Å². The number of aliphatic hydroxyl groups is 1. The molecule has 0 saturated heterocycles. The van der Waals surface area contributed by atoms with Crippen LogP contribution in [-0.4, -0.2) is 28.1 Å². The number of unbranched alkanes of at least 4 members (excludes halogenated alkanes) is 4. The predicted molar refractivity (Wildman–Crippen MR) is 107 cm³/mol. The molecule has 0 spiro atoms. The average molecular weight is 360 g/mol. The van der Waals surface area contributed by atoms with Gasteiger partial charge in [-0.05, 0) is 31.8 Å². The van der Waals surface area contributed by atoms with E-state index < -0.39 is 5.97 Å². The molecule has 0 bridgehead atoms. The molecule has 144 valence electrons. The second-order valence-electron chi connectivity index (χ2n) is 6.02. The van der Waals surface area contributed by atoms with Gasteiger partial charge in [-0.3, -0.25) is 4.79 Å². The van der Waals surface area contributed by atoms with Gasteiger partial charge < -0.3 is 10.2 Å². The first kappa shape index (κ1) is 23.8. The number of carbonyl (C=O) groups excluding carboxylic acids is 1. The highest BCUT2D eigenvalue weighted by atomic mass is 16.4. The number of aliphatic hydroxyl groups excluding tert-OH is 1. The first-order valence-electron chi connectivity index (χ1n) is 9.33. The molecule has 0 aliphatic carbocycles. The van der Waals surface area contributed by atoms with Crippen molar-refractivity contribution >= 4 is 11.8 Å². The third-order valence-electron chi connectivity index (χ3n) is 3.69. The summed E-state index contributed by atoms with van der Waals surface area (Å²) in [5.74, 6) is -0.932. The van der Waals surface area contributed by atoms with Crippen molar-refractivity contribution in [3.8, 4) is 0 Å². The third-order valence-corrected chi connectivity index (χ3v) is 3.69. The number of ketones is 1. The van der Waals surface area contributed by atoms with Crippen LogP contribution < -0.4 is 0 Å². The summed E-state index contributed by atoms with van der Waals surface area (Å²) in [7, 11) is 0. The lowest BCUT2D eigenvalue weighted by Crippen LogP contribution is -2.03. The molecular formula is C22H32O4. The average Bonchev–Trinajstić information content (AvgIpc) is 2.61. The lowest BCUT2D eigenvalue weighted by molar-refractivity contribution is -0.131. The van der Waals surface area contributed by atoms with Crippen molar-refractivity contribution in [3.05, 3.63) is 60.8 Å². The van der Waals surface area contributed by atoms with Crippen LogP contribution in [0.25, 0.3) is 0 Å². The maximum absolute atomic E-state index is 11.6. The summed E-state index contributed by atoms with van der Waals surface area (Å²) in [5.41, 5.74) is 0. The first-order valence-corrected chi connectivity index (χ1v) is 9.33. The zero-order chi connectivity index (χ0) is 19.5. The van der Waals surface area contributed by atoms with Gasteiger partial charge in [0.05, 0.1) is 6.10 Å². The summed E-state index contributed by atoms with van der Waals surface area (Å²) in [6.45, 7) is 2.00. The van der Waals surface area contributed by atoms with Crippen LogP contribution in [0, 0.1) is 0 Å². The van der Waals surface area contributed by atoms with E-state index in [0.29, 0.717) is 6.42 Å². The Morgan fingerprint density at radius 1 is 0.846 bits per heavy atom. The number of aliphatic carboxylic acids is 1. The van der Waals surface area contributed by atoms with Crippen LogP contribution in [0.1, 0.15) is 58.3 Å². The summed E-state index contributed by atoms with van der Waals surface area (Å²) in [6.07, 6.45) is 23.9. The molecule has 0 aromatic heterocycles. The quantitative estimate of drug-likeness (QED) is 0.188.